The Hall–Kier alpha value is -1.87. The molecule has 2 aromatic carbocycles. The van der Waals surface area contributed by atoms with Crippen LogP contribution in [0.25, 0.3) is 10.8 Å². The highest BCUT2D eigenvalue weighted by Crippen LogP contribution is 2.33. The maximum absolute atomic E-state index is 14.0. The number of hydrogen-bond donors (Lipinski definition) is 1. The Labute approximate surface area is 124 Å². The second-order valence-electron chi connectivity index (χ2n) is 5.34. The number of fused-ring (bicyclic) bond motifs is 1. The van der Waals surface area contributed by atoms with Gasteiger partial charge in [-0.25, -0.2) is 4.39 Å². The van der Waals surface area contributed by atoms with E-state index in [-0.39, 0.29) is 11.9 Å². The minimum Gasteiger partial charge on any atom is -0.501 e. The third-order valence-electron chi connectivity index (χ3n) is 3.96. The lowest BCUT2D eigenvalue weighted by Gasteiger charge is -2.25. The van der Waals surface area contributed by atoms with Crippen molar-refractivity contribution >= 4 is 10.8 Å². The summed E-state index contributed by atoms with van der Waals surface area (Å²) in [6.07, 6.45) is 3.92. The molecule has 3 heteroatoms. The van der Waals surface area contributed by atoms with Crippen molar-refractivity contribution in [2.45, 2.75) is 25.8 Å². The quantitative estimate of drug-likeness (QED) is 0.903. The van der Waals surface area contributed by atoms with Gasteiger partial charge < -0.3 is 10.1 Å². The maximum Gasteiger partial charge on any atom is 0.131 e. The van der Waals surface area contributed by atoms with Gasteiger partial charge in [0.25, 0.3) is 0 Å². The molecule has 1 aliphatic rings. The van der Waals surface area contributed by atoms with Crippen molar-refractivity contribution in [3.05, 3.63) is 59.6 Å². The van der Waals surface area contributed by atoms with Gasteiger partial charge >= 0.3 is 0 Å². The standard InChI is InChI=1S/C18H20FNO/c1-2-20-18(13-6-5-11-21-12-13)16-9-10-17(19)15-8-4-3-7-14(15)16/h3-4,7-10,12,18,20H,2,5-6,11H2,1H3. The van der Waals surface area contributed by atoms with Gasteiger partial charge in [-0.1, -0.05) is 37.3 Å². The summed E-state index contributed by atoms with van der Waals surface area (Å²) in [6.45, 7) is 3.73. The van der Waals surface area contributed by atoms with E-state index >= 15 is 0 Å². The Morgan fingerprint density at radius 1 is 1.19 bits per heavy atom. The van der Waals surface area contributed by atoms with Crippen LogP contribution < -0.4 is 5.32 Å². The number of halogens is 1. The molecule has 0 spiro atoms. The lowest BCUT2D eigenvalue weighted by Crippen LogP contribution is -2.24. The third kappa shape index (κ3) is 2.79. The minimum atomic E-state index is -0.168. The molecule has 1 aliphatic heterocycles. The minimum absolute atomic E-state index is 0.0841. The molecule has 0 amide bonds. The van der Waals surface area contributed by atoms with Gasteiger partial charge in [-0.3, -0.25) is 0 Å². The summed E-state index contributed by atoms with van der Waals surface area (Å²) in [5.74, 6) is -0.168. The van der Waals surface area contributed by atoms with Crippen LogP contribution in [0.3, 0.4) is 0 Å². The molecule has 1 atom stereocenters. The maximum atomic E-state index is 14.0. The van der Waals surface area contributed by atoms with Gasteiger partial charge in [0.1, 0.15) is 5.82 Å². The van der Waals surface area contributed by atoms with E-state index in [1.165, 1.54) is 5.57 Å². The zero-order valence-electron chi connectivity index (χ0n) is 12.2. The molecule has 2 aromatic rings. The van der Waals surface area contributed by atoms with E-state index in [0.29, 0.717) is 5.39 Å². The molecule has 0 bridgehead atoms. The number of likely N-dealkylation sites (N-methyl/N-ethyl adjacent to an activating group) is 1. The molecule has 3 rings (SSSR count). The van der Waals surface area contributed by atoms with E-state index in [0.717, 1.165) is 36.9 Å². The molecule has 110 valence electrons. The van der Waals surface area contributed by atoms with Crippen molar-refractivity contribution in [2.75, 3.05) is 13.2 Å². The molecule has 1 unspecified atom stereocenters. The summed E-state index contributed by atoms with van der Waals surface area (Å²) < 4.78 is 19.5. The Bertz CT molecular complexity index is 665. The van der Waals surface area contributed by atoms with E-state index in [9.17, 15) is 4.39 Å². The van der Waals surface area contributed by atoms with Crippen LogP contribution in [0.2, 0.25) is 0 Å². The highest BCUT2D eigenvalue weighted by molar-refractivity contribution is 5.87. The van der Waals surface area contributed by atoms with E-state index in [4.69, 9.17) is 4.74 Å². The molecule has 21 heavy (non-hydrogen) atoms. The number of benzene rings is 2. The summed E-state index contributed by atoms with van der Waals surface area (Å²) in [6, 6.07) is 11.2. The first-order chi connectivity index (χ1) is 10.3. The normalized spacial score (nSPS) is 16.4. The van der Waals surface area contributed by atoms with Crippen molar-refractivity contribution in [3.63, 3.8) is 0 Å². The van der Waals surface area contributed by atoms with Crippen molar-refractivity contribution in [1.82, 2.24) is 5.32 Å². The van der Waals surface area contributed by atoms with E-state index < -0.39 is 0 Å². The molecular formula is C18H20FNO. The average molecular weight is 285 g/mol. The molecule has 1 heterocycles. The molecule has 0 fully saturated rings. The second-order valence-corrected chi connectivity index (χ2v) is 5.34. The molecular weight excluding hydrogens is 265 g/mol. The van der Waals surface area contributed by atoms with Gasteiger partial charge in [0.2, 0.25) is 0 Å². The summed E-state index contributed by atoms with van der Waals surface area (Å²) in [5.41, 5.74) is 2.35. The molecule has 0 saturated heterocycles. The molecule has 0 aromatic heterocycles. The van der Waals surface area contributed by atoms with Gasteiger partial charge in [0, 0.05) is 5.39 Å². The summed E-state index contributed by atoms with van der Waals surface area (Å²) in [4.78, 5) is 0. The third-order valence-corrected chi connectivity index (χ3v) is 3.96. The largest absolute Gasteiger partial charge is 0.501 e. The van der Waals surface area contributed by atoms with Crippen LogP contribution in [0.1, 0.15) is 31.4 Å². The van der Waals surface area contributed by atoms with Gasteiger partial charge in [-0.15, -0.1) is 0 Å². The Morgan fingerprint density at radius 3 is 2.71 bits per heavy atom. The van der Waals surface area contributed by atoms with Crippen molar-refractivity contribution in [3.8, 4) is 0 Å². The van der Waals surface area contributed by atoms with E-state index in [1.54, 1.807) is 6.07 Å². The molecule has 0 aliphatic carbocycles. The summed E-state index contributed by atoms with van der Waals surface area (Å²) in [5, 5.41) is 5.15. The van der Waals surface area contributed by atoms with Crippen molar-refractivity contribution < 1.29 is 9.13 Å². The SMILES string of the molecule is CCNC(C1=COCCC1)c1ccc(F)c2ccccc12. The van der Waals surface area contributed by atoms with Crippen LogP contribution in [0.4, 0.5) is 4.39 Å². The predicted molar refractivity (Wildman–Crippen MR) is 83.6 cm³/mol. The first-order valence-electron chi connectivity index (χ1n) is 7.52. The van der Waals surface area contributed by atoms with Crippen molar-refractivity contribution in [1.29, 1.82) is 0 Å². The van der Waals surface area contributed by atoms with Gasteiger partial charge in [0.05, 0.1) is 18.9 Å². The smallest absolute Gasteiger partial charge is 0.131 e. The van der Waals surface area contributed by atoms with Crippen LogP contribution in [0, 0.1) is 5.82 Å². The van der Waals surface area contributed by atoms with Crippen LogP contribution in [-0.2, 0) is 4.74 Å². The lowest BCUT2D eigenvalue weighted by molar-refractivity contribution is 0.219. The van der Waals surface area contributed by atoms with E-state index in [2.05, 4.69) is 12.2 Å². The topological polar surface area (TPSA) is 21.3 Å². The zero-order chi connectivity index (χ0) is 14.7. The van der Waals surface area contributed by atoms with Crippen LogP contribution in [0.15, 0.2) is 48.2 Å². The predicted octanol–water partition coefficient (Wildman–Crippen LogP) is 4.32. The number of nitrogens with one attached hydrogen (secondary N) is 1. The van der Waals surface area contributed by atoms with Crippen molar-refractivity contribution in [2.24, 2.45) is 0 Å². The Balaban J connectivity index is 2.11. The molecule has 0 saturated carbocycles. The summed E-state index contributed by atoms with van der Waals surface area (Å²) >= 11 is 0. The highest BCUT2D eigenvalue weighted by atomic mass is 19.1. The molecule has 0 radical (unpaired) electrons. The number of hydrogen-bond acceptors (Lipinski definition) is 2. The Morgan fingerprint density at radius 2 is 2.00 bits per heavy atom. The fourth-order valence-corrected chi connectivity index (χ4v) is 2.98. The first-order valence-corrected chi connectivity index (χ1v) is 7.52. The lowest BCUT2D eigenvalue weighted by atomic mass is 9.91. The Kier molecular flexibility index (Phi) is 4.20. The van der Waals surface area contributed by atoms with Gasteiger partial charge in [0.15, 0.2) is 0 Å². The van der Waals surface area contributed by atoms with E-state index in [1.807, 2.05) is 36.6 Å². The fraction of sp³-hybridized carbons (Fsp3) is 0.333. The van der Waals surface area contributed by atoms with Crippen LogP contribution in [-0.4, -0.2) is 13.2 Å². The first kappa shape index (κ1) is 14.1. The zero-order valence-corrected chi connectivity index (χ0v) is 12.2. The number of ether oxygens (including phenoxy) is 1. The average Bonchev–Trinajstić information content (AvgIpc) is 2.55. The molecule has 2 nitrogen and oxygen atoms in total. The summed E-state index contributed by atoms with van der Waals surface area (Å²) in [7, 11) is 0. The fourth-order valence-electron chi connectivity index (χ4n) is 2.98. The monoisotopic (exact) mass is 285 g/mol. The molecule has 1 N–H and O–H groups in total. The second kappa shape index (κ2) is 6.27. The van der Waals surface area contributed by atoms with Gasteiger partial charge in [-0.05, 0) is 42.0 Å². The highest BCUT2D eigenvalue weighted by Gasteiger charge is 2.20. The van der Waals surface area contributed by atoms with Crippen LogP contribution in [0.5, 0.6) is 0 Å². The van der Waals surface area contributed by atoms with Gasteiger partial charge in [-0.2, -0.15) is 0 Å². The number of rotatable bonds is 4. The van der Waals surface area contributed by atoms with Crippen LogP contribution >= 0.6 is 0 Å².